The van der Waals surface area contributed by atoms with Gasteiger partial charge in [-0.05, 0) is 31.3 Å². The molecule has 1 heterocycles. The van der Waals surface area contributed by atoms with Crippen molar-refractivity contribution in [3.05, 3.63) is 12.2 Å². The summed E-state index contributed by atoms with van der Waals surface area (Å²) >= 11 is 1.82. The molecule has 1 saturated heterocycles. The van der Waals surface area contributed by atoms with Crippen LogP contribution in [-0.4, -0.2) is 45.9 Å². The molecule has 0 aromatic carbocycles. The van der Waals surface area contributed by atoms with Crippen molar-refractivity contribution < 1.29 is 15.0 Å². The van der Waals surface area contributed by atoms with Crippen LogP contribution in [0.1, 0.15) is 19.8 Å². The second kappa shape index (κ2) is 6.27. The van der Waals surface area contributed by atoms with Crippen molar-refractivity contribution in [1.82, 2.24) is 5.32 Å². The SMILES string of the molecule is CC=CC(O)C(=O)NC1(CO)CCSCC1. The molecule has 0 bridgehead atoms. The molecule has 1 unspecified atom stereocenters. The molecule has 92 valence electrons. The maximum atomic E-state index is 11.6. The topological polar surface area (TPSA) is 69.6 Å². The maximum absolute atomic E-state index is 11.6. The predicted molar refractivity (Wildman–Crippen MR) is 65.3 cm³/mol. The van der Waals surface area contributed by atoms with Gasteiger partial charge in [0, 0.05) is 0 Å². The molecule has 0 aliphatic carbocycles. The third kappa shape index (κ3) is 3.50. The Kier molecular flexibility index (Phi) is 5.31. The predicted octanol–water partition coefficient (Wildman–Crippen LogP) is 0.298. The van der Waals surface area contributed by atoms with Crippen molar-refractivity contribution >= 4 is 17.7 Å². The summed E-state index contributed by atoms with van der Waals surface area (Å²) in [4.78, 5) is 11.6. The molecule has 16 heavy (non-hydrogen) atoms. The lowest BCUT2D eigenvalue weighted by Crippen LogP contribution is -2.55. The first kappa shape index (κ1) is 13.5. The molecule has 0 aromatic rings. The fraction of sp³-hybridized carbons (Fsp3) is 0.727. The summed E-state index contributed by atoms with van der Waals surface area (Å²) in [5.74, 6) is 1.43. The van der Waals surface area contributed by atoms with Crippen LogP contribution in [0.5, 0.6) is 0 Å². The molecule has 4 nitrogen and oxygen atoms in total. The Hall–Kier alpha value is -0.520. The first-order valence-corrected chi connectivity index (χ1v) is 6.60. The Morgan fingerprint density at radius 2 is 2.19 bits per heavy atom. The minimum Gasteiger partial charge on any atom is -0.394 e. The van der Waals surface area contributed by atoms with Gasteiger partial charge in [-0.15, -0.1) is 0 Å². The summed E-state index contributed by atoms with van der Waals surface area (Å²) in [5.41, 5.74) is -0.537. The number of carbonyl (C=O) groups is 1. The fourth-order valence-corrected chi connectivity index (χ4v) is 2.96. The molecular weight excluding hydrogens is 226 g/mol. The van der Waals surface area contributed by atoms with Crippen LogP contribution in [0, 0.1) is 0 Å². The zero-order chi connectivity index (χ0) is 12.0. The van der Waals surface area contributed by atoms with E-state index in [1.807, 2.05) is 11.8 Å². The summed E-state index contributed by atoms with van der Waals surface area (Å²) in [5, 5.41) is 21.6. The smallest absolute Gasteiger partial charge is 0.253 e. The molecule has 0 spiro atoms. The molecule has 3 N–H and O–H groups in total. The van der Waals surface area contributed by atoms with Crippen LogP contribution in [0.2, 0.25) is 0 Å². The molecule has 1 fully saturated rings. The van der Waals surface area contributed by atoms with Gasteiger partial charge in [0.05, 0.1) is 12.1 Å². The summed E-state index contributed by atoms with van der Waals surface area (Å²) in [6.45, 7) is 1.68. The molecule has 1 aliphatic heterocycles. The number of hydrogen-bond donors (Lipinski definition) is 3. The summed E-state index contributed by atoms with van der Waals surface area (Å²) in [6, 6.07) is 0. The van der Waals surface area contributed by atoms with Crippen molar-refractivity contribution in [2.75, 3.05) is 18.1 Å². The first-order chi connectivity index (χ1) is 7.63. The van der Waals surface area contributed by atoms with E-state index in [1.165, 1.54) is 6.08 Å². The second-order valence-electron chi connectivity index (χ2n) is 4.01. The van der Waals surface area contributed by atoms with Crippen molar-refractivity contribution in [3.8, 4) is 0 Å². The van der Waals surface area contributed by atoms with E-state index < -0.39 is 17.6 Å². The van der Waals surface area contributed by atoms with Crippen molar-refractivity contribution in [1.29, 1.82) is 0 Å². The van der Waals surface area contributed by atoms with E-state index in [0.29, 0.717) is 0 Å². The number of rotatable bonds is 4. The fourth-order valence-electron chi connectivity index (χ4n) is 1.69. The van der Waals surface area contributed by atoms with E-state index in [4.69, 9.17) is 0 Å². The summed E-state index contributed by atoms with van der Waals surface area (Å²) in [6.07, 6.45) is 3.44. The van der Waals surface area contributed by atoms with E-state index in [-0.39, 0.29) is 6.61 Å². The average Bonchev–Trinajstić information content (AvgIpc) is 2.30. The van der Waals surface area contributed by atoms with Gasteiger partial charge in [0.2, 0.25) is 0 Å². The number of aliphatic hydroxyl groups is 2. The van der Waals surface area contributed by atoms with Crippen LogP contribution >= 0.6 is 11.8 Å². The Bertz CT molecular complexity index is 262. The standard InChI is InChI=1S/C11H19NO3S/c1-2-3-9(14)10(15)12-11(8-13)4-6-16-7-5-11/h2-3,9,13-14H,4-8H2,1H3,(H,12,15). The molecule has 1 atom stereocenters. The van der Waals surface area contributed by atoms with Gasteiger partial charge in [-0.3, -0.25) is 4.79 Å². The van der Waals surface area contributed by atoms with Crippen molar-refractivity contribution in [3.63, 3.8) is 0 Å². The van der Waals surface area contributed by atoms with Crippen LogP contribution in [0.15, 0.2) is 12.2 Å². The van der Waals surface area contributed by atoms with Gasteiger partial charge in [0.15, 0.2) is 6.10 Å². The number of allylic oxidation sites excluding steroid dienone is 1. The van der Waals surface area contributed by atoms with Crippen LogP contribution in [0.3, 0.4) is 0 Å². The van der Waals surface area contributed by atoms with Crippen molar-refractivity contribution in [2.24, 2.45) is 0 Å². The largest absolute Gasteiger partial charge is 0.394 e. The highest BCUT2D eigenvalue weighted by Gasteiger charge is 2.34. The highest BCUT2D eigenvalue weighted by Crippen LogP contribution is 2.26. The molecule has 1 rings (SSSR count). The highest BCUT2D eigenvalue weighted by molar-refractivity contribution is 7.99. The molecule has 1 aliphatic rings. The van der Waals surface area contributed by atoms with Crippen LogP contribution in [0.25, 0.3) is 0 Å². The van der Waals surface area contributed by atoms with E-state index in [1.54, 1.807) is 13.0 Å². The lowest BCUT2D eigenvalue weighted by atomic mass is 9.93. The van der Waals surface area contributed by atoms with Gasteiger partial charge in [0.1, 0.15) is 0 Å². The molecule has 1 amide bonds. The third-order valence-electron chi connectivity index (χ3n) is 2.78. The van der Waals surface area contributed by atoms with E-state index in [0.717, 1.165) is 24.3 Å². The van der Waals surface area contributed by atoms with Gasteiger partial charge in [-0.2, -0.15) is 11.8 Å². The van der Waals surface area contributed by atoms with E-state index >= 15 is 0 Å². The number of nitrogens with one attached hydrogen (secondary N) is 1. The number of aliphatic hydroxyl groups excluding tert-OH is 2. The number of carbonyl (C=O) groups excluding carboxylic acids is 1. The molecular formula is C11H19NO3S. The monoisotopic (exact) mass is 245 g/mol. The van der Waals surface area contributed by atoms with E-state index in [9.17, 15) is 15.0 Å². The average molecular weight is 245 g/mol. The van der Waals surface area contributed by atoms with Crippen molar-refractivity contribution in [2.45, 2.75) is 31.4 Å². The number of thioether (sulfide) groups is 1. The number of amides is 1. The van der Waals surface area contributed by atoms with Gasteiger partial charge >= 0.3 is 0 Å². The lowest BCUT2D eigenvalue weighted by Gasteiger charge is -2.36. The Morgan fingerprint density at radius 3 is 2.69 bits per heavy atom. The van der Waals surface area contributed by atoms with E-state index in [2.05, 4.69) is 5.32 Å². The third-order valence-corrected chi connectivity index (χ3v) is 3.77. The normalized spacial score (nSPS) is 21.9. The zero-order valence-electron chi connectivity index (χ0n) is 9.48. The minimum absolute atomic E-state index is 0.0676. The lowest BCUT2D eigenvalue weighted by molar-refractivity contribution is -0.129. The minimum atomic E-state index is -1.12. The Morgan fingerprint density at radius 1 is 1.56 bits per heavy atom. The van der Waals surface area contributed by atoms with Crippen LogP contribution in [-0.2, 0) is 4.79 Å². The first-order valence-electron chi connectivity index (χ1n) is 5.45. The summed E-state index contributed by atoms with van der Waals surface area (Å²) in [7, 11) is 0. The molecule has 0 radical (unpaired) electrons. The zero-order valence-corrected chi connectivity index (χ0v) is 10.3. The Balaban J connectivity index is 2.58. The molecule has 0 saturated carbocycles. The van der Waals surface area contributed by atoms with Gasteiger partial charge in [-0.1, -0.05) is 12.2 Å². The summed E-state index contributed by atoms with van der Waals surface area (Å²) < 4.78 is 0. The maximum Gasteiger partial charge on any atom is 0.253 e. The van der Waals surface area contributed by atoms with Gasteiger partial charge in [0.25, 0.3) is 5.91 Å². The Labute approximate surface area is 100 Å². The van der Waals surface area contributed by atoms with Gasteiger partial charge in [-0.25, -0.2) is 0 Å². The molecule has 5 heteroatoms. The number of hydrogen-bond acceptors (Lipinski definition) is 4. The van der Waals surface area contributed by atoms with Crippen LogP contribution in [0.4, 0.5) is 0 Å². The van der Waals surface area contributed by atoms with Crippen LogP contribution < -0.4 is 5.32 Å². The quantitative estimate of drug-likeness (QED) is 0.623. The molecule has 0 aromatic heterocycles. The second-order valence-corrected chi connectivity index (χ2v) is 5.24. The van der Waals surface area contributed by atoms with Gasteiger partial charge < -0.3 is 15.5 Å². The highest BCUT2D eigenvalue weighted by atomic mass is 32.2.